The third-order valence-corrected chi connectivity index (χ3v) is 1.09. The van der Waals surface area contributed by atoms with Crippen molar-refractivity contribution in [2.45, 2.75) is 19.2 Å². The SMILES string of the molecule is CC(=O)[O-].[O-][C@@H]1CNC[C@H]1F.[Pd+2]. The van der Waals surface area contributed by atoms with Crippen molar-refractivity contribution >= 4 is 5.97 Å². The van der Waals surface area contributed by atoms with E-state index in [1.807, 2.05) is 0 Å². The van der Waals surface area contributed by atoms with Crippen LogP contribution in [0.15, 0.2) is 0 Å². The van der Waals surface area contributed by atoms with Crippen molar-refractivity contribution in [2.75, 3.05) is 13.1 Å². The predicted molar refractivity (Wildman–Crippen MR) is 32.2 cm³/mol. The molecular weight excluding hydrogens is 259 g/mol. The Morgan fingerprint density at radius 1 is 1.58 bits per heavy atom. The fourth-order valence-corrected chi connectivity index (χ4v) is 0.623. The zero-order valence-corrected chi connectivity index (χ0v) is 8.04. The number of aliphatic carboxylic acids is 1. The van der Waals surface area contributed by atoms with E-state index in [4.69, 9.17) is 9.90 Å². The second-order valence-corrected chi connectivity index (χ2v) is 2.20. The number of halogens is 1. The van der Waals surface area contributed by atoms with Gasteiger partial charge in [-0.15, -0.1) is 0 Å². The second kappa shape index (κ2) is 7.62. The first-order valence-electron chi connectivity index (χ1n) is 3.22. The van der Waals surface area contributed by atoms with Crippen LogP contribution in [0.1, 0.15) is 6.92 Å². The monoisotopic (exact) mass is 269 g/mol. The summed E-state index contributed by atoms with van der Waals surface area (Å²) in [5.74, 6) is -1.08. The van der Waals surface area contributed by atoms with Crippen LogP contribution < -0.4 is 15.5 Å². The molecule has 4 nitrogen and oxygen atoms in total. The van der Waals surface area contributed by atoms with Gasteiger partial charge >= 0.3 is 20.4 Å². The standard InChI is InChI=1S/C4H7FNO.C2H4O2.Pd/c5-3-1-6-2-4(3)7;1-2(3)4;/h3-4,6H,1-2H2;1H3,(H,3,4);/q-1;;+2/p-1/t3-,4-;;/m1../s1. The van der Waals surface area contributed by atoms with Crippen LogP contribution in [0.25, 0.3) is 0 Å². The summed E-state index contributed by atoms with van der Waals surface area (Å²) in [5.41, 5.74) is 0. The number of carbonyl (C=O) groups excluding carboxylic acids is 1. The molecule has 1 fully saturated rings. The summed E-state index contributed by atoms with van der Waals surface area (Å²) in [5, 5.41) is 21.7. The molecule has 1 aliphatic rings. The number of carboxylic acids is 1. The zero-order chi connectivity index (χ0) is 8.85. The number of carbonyl (C=O) groups is 1. The molecule has 1 rings (SSSR count). The minimum atomic E-state index is -1.15. The van der Waals surface area contributed by atoms with Crippen molar-refractivity contribution in [3.8, 4) is 0 Å². The molecule has 74 valence electrons. The molecule has 0 saturated carbocycles. The van der Waals surface area contributed by atoms with Crippen LogP contribution in [-0.2, 0) is 25.2 Å². The van der Waals surface area contributed by atoms with Crippen molar-refractivity contribution in [3.05, 3.63) is 0 Å². The average molecular weight is 270 g/mol. The zero-order valence-electron chi connectivity index (χ0n) is 6.49. The number of carboxylic acid groups (broad SMARTS) is 1. The van der Waals surface area contributed by atoms with Crippen molar-refractivity contribution in [1.82, 2.24) is 5.32 Å². The number of rotatable bonds is 0. The normalized spacial score (nSPS) is 26.6. The van der Waals surface area contributed by atoms with E-state index in [2.05, 4.69) is 5.32 Å². The first-order chi connectivity index (χ1) is 5.04. The summed E-state index contributed by atoms with van der Waals surface area (Å²) in [4.78, 5) is 8.89. The van der Waals surface area contributed by atoms with Crippen molar-refractivity contribution < 1.29 is 39.8 Å². The third-order valence-electron chi connectivity index (χ3n) is 1.09. The molecule has 1 heterocycles. The van der Waals surface area contributed by atoms with Gasteiger partial charge in [-0.2, -0.15) is 0 Å². The Bertz CT molecular complexity index is 124. The second-order valence-electron chi connectivity index (χ2n) is 2.20. The molecule has 12 heavy (non-hydrogen) atoms. The van der Waals surface area contributed by atoms with Gasteiger partial charge in [-0.3, -0.25) is 0 Å². The van der Waals surface area contributed by atoms with Crippen molar-refractivity contribution in [1.29, 1.82) is 0 Å². The number of nitrogens with one attached hydrogen (secondary N) is 1. The van der Waals surface area contributed by atoms with Crippen LogP contribution in [0, 0.1) is 0 Å². The molecule has 0 spiro atoms. The fourth-order valence-electron chi connectivity index (χ4n) is 0.623. The van der Waals surface area contributed by atoms with E-state index in [-0.39, 0.29) is 27.0 Å². The molecule has 1 aliphatic heterocycles. The van der Waals surface area contributed by atoms with E-state index in [0.717, 1.165) is 6.92 Å². The predicted octanol–water partition coefficient (Wildman–Crippen LogP) is -2.59. The Balaban J connectivity index is 0. The first-order valence-corrected chi connectivity index (χ1v) is 3.22. The van der Waals surface area contributed by atoms with Gasteiger partial charge in [0.05, 0.1) is 0 Å². The Morgan fingerprint density at radius 2 is 2.00 bits per heavy atom. The minimum Gasteiger partial charge on any atom is -0.849 e. The van der Waals surface area contributed by atoms with Crippen LogP contribution in [-0.4, -0.2) is 31.3 Å². The molecular formula is C6H10FNO3Pd. The van der Waals surface area contributed by atoms with Gasteiger partial charge in [0.15, 0.2) is 0 Å². The van der Waals surface area contributed by atoms with Crippen LogP contribution in [0.3, 0.4) is 0 Å². The van der Waals surface area contributed by atoms with Gasteiger partial charge in [-0.05, 0) is 13.5 Å². The summed E-state index contributed by atoms with van der Waals surface area (Å²) >= 11 is 0. The Hall–Kier alpha value is -0.0177. The fraction of sp³-hybridized carbons (Fsp3) is 0.833. The number of hydrogen-bond donors (Lipinski definition) is 1. The van der Waals surface area contributed by atoms with E-state index in [0.29, 0.717) is 6.54 Å². The van der Waals surface area contributed by atoms with E-state index in [1.165, 1.54) is 0 Å². The Labute approximate surface area is 83.8 Å². The van der Waals surface area contributed by atoms with Crippen LogP contribution in [0.5, 0.6) is 0 Å². The molecule has 0 unspecified atom stereocenters. The van der Waals surface area contributed by atoms with Crippen molar-refractivity contribution in [3.63, 3.8) is 0 Å². The summed E-state index contributed by atoms with van der Waals surface area (Å²) in [7, 11) is 0. The van der Waals surface area contributed by atoms with Crippen LogP contribution in [0.4, 0.5) is 4.39 Å². The molecule has 0 aromatic rings. The molecule has 6 heteroatoms. The maximum atomic E-state index is 11.9. The summed E-state index contributed by atoms with van der Waals surface area (Å²) in [6.45, 7) is 1.51. The van der Waals surface area contributed by atoms with Gasteiger partial charge in [-0.1, -0.05) is 6.10 Å². The first kappa shape index (κ1) is 14.5. The van der Waals surface area contributed by atoms with Crippen molar-refractivity contribution in [2.24, 2.45) is 0 Å². The topological polar surface area (TPSA) is 75.2 Å². The van der Waals surface area contributed by atoms with E-state index < -0.39 is 18.2 Å². The molecule has 0 aromatic heterocycles. The molecule has 1 N–H and O–H groups in total. The maximum absolute atomic E-state index is 11.9. The molecule has 0 amide bonds. The Morgan fingerprint density at radius 3 is 2.08 bits per heavy atom. The summed E-state index contributed by atoms with van der Waals surface area (Å²) in [6, 6.07) is 0. The van der Waals surface area contributed by atoms with Gasteiger partial charge in [-0.25, -0.2) is 4.39 Å². The summed E-state index contributed by atoms with van der Waals surface area (Å²) in [6.07, 6.45) is -2.17. The van der Waals surface area contributed by atoms with Gasteiger partial charge in [0, 0.05) is 12.5 Å². The smallest absolute Gasteiger partial charge is 0.849 e. The average Bonchev–Trinajstić information content (AvgIpc) is 2.15. The quantitative estimate of drug-likeness (QED) is 0.490. The molecule has 0 aliphatic carbocycles. The van der Waals surface area contributed by atoms with E-state index >= 15 is 0 Å². The third kappa shape index (κ3) is 8.08. The molecule has 0 aromatic carbocycles. The van der Waals surface area contributed by atoms with Gasteiger partial charge in [0.1, 0.15) is 6.17 Å². The number of alkyl halides is 1. The molecule has 0 bridgehead atoms. The number of hydrogen-bond acceptors (Lipinski definition) is 4. The molecule has 2 atom stereocenters. The largest absolute Gasteiger partial charge is 2.00 e. The van der Waals surface area contributed by atoms with Gasteiger partial charge in [0.2, 0.25) is 0 Å². The van der Waals surface area contributed by atoms with Gasteiger partial charge < -0.3 is 20.3 Å². The Kier molecular flexibility index (Phi) is 9.21. The van der Waals surface area contributed by atoms with Gasteiger partial charge in [0.25, 0.3) is 0 Å². The summed E-state index contributed by atoms with van der Waals surface area (Å²) < 4.78 is 11.9. The molecule has 0 radical (unpaired) electrons. The molecule has 1 saturated heterocycles. The van der Waals surface area contributed by atoms with E-state index in [1.54, 1.807) is 0 Å². The minimum absolute atomic E-state index is 0. The van der Waals surface area contributed by atoms with E-state index in [9.17, 15) is 9.50 Å². The van der Waals surface area contributed by atoms with Crippen LogP contribution >= 0.6 is 0 Å². The maximum Gasteiger partial charge on any atom is 2.00 e. The van der Waals surface area contributed by atoms with Crippen LogP contribution in [0.2, 0.25) is 0 Å².